The second kappa shape index (κ2) is 17.8. The summed E-state index contributed by atoms with van der Waals surface area (Å²) in [5.74, 6) is -3.65. The average Bonchev–Trinajstić information content (AvgIpc) is 2.18. The van der Waals surface area contributed by atoms with Gasteiger partial charge in [0.15, 0.2) is 0 Å². The maximum absolute atomic E-state index is 9.10. The van der Waals surface area contributed by atoms with E-state index in [0.29, 0.717) is 0 Å². The van der Waals surface area contributed by atoms with E-state index in [4.69, 9.17) is 40.2 Å². The highest BCUT2D eigenvalue weighted by Crippen LogP contribution is 1.56. The maximum atomic E-state index is 9.10. The lowest BCUT2D eigenvalue weighted by Gasteiger charge is -1.72. The molecule has 0 bridgehead atoms. The van der Waals surface area contributed by atoms with Gasteiger partial charge in [0.1, 0.15) is 0 Å². The van der Waals surface area contributed by atoms with Crippen LogP contribution in [0.4, 0.5) is 0 Å². The number of carbonyl (C=O) groups is 2. The zero-order valence-corrected chi connectivity index (χ0v) is 7.33. The highest BCUT2D eigenvalue weighted by atomic mass is 16.4. The number of hydrogen-bond donors (Lipinski definition) is 6. The highest BCUT2D eigenvalue weighted by molar-refractivity contribution is 6.27. The van der Waals surface area contributed by atoms with Crippen LogP contribution >= 0.6 is 0 Å². The Morgan fingerprint density at radius 3 is 0.786 bits per heavy atom. The number of aliphatic hydroxyl groups excluding tert-OH is 4. The van der Waals surface area contributed by atoms with Crippen molar-refractivity contribution in [1.82, 2.24) is 0 Å². The molecular weight excluding hydrogens is 200 g/mol. The third-order valence-electron chi connectivity index (χ3n) is 0.383. The molecule has 0 saturated carbocycles. The Morgan fingerprint density at radius 2 is 0.786 bits per heavy atom. The predicted molar refractivity (Wildman–Crippen MR) is 43.6 cm³/mol. The molecule has 0 saturated heterocycles. The summed E-state index contributed by atoms with van der Waals surface area (Å²) in [5.41, 5.74) is 0. The molecule has 0 radical (unpaired) electrons. The van der Waals surface area contributed by atoms with Crippen molar-refractivity contribution in [3.8, 4) is 0 Å². The molecule has 0 aromatic carbocycles. The summed E-state index contributed by atoms with van der Waals surface area (Å²) in [6.45, 7) is -0.500. The van der Waals surface area contributed by atoms with Crippen LogP contribution in [0.1, 0.15) is 0 Å². The second-order valence-electron chi connectivity index (χ2n) is 1.50. The van der Waals surface area contributed by atoms with Crippen LogP contribution in [0, 0.1) is 0 Å². The van der Waals surface area contributed by atoms with Gasteiger partial charge < -0.3 is 30.6 Å². The molecule has 0 aromatic heterocycles. The Hall–Kier alpha value is -1.22. The number of carboxylic acid groups (broad SMARTS) is 2. The Morgan fingerprint density at radius 1 is 0.643 bits per heavy atom. The van der Waals surface area contributed by atoms with Crippen LogP contribution in [0.3, 0.4) is 0 Å². The lowest BCUT2D eigenvalue weighted by Crippen LogP contribution is -2.09. The quantitative estimate of drug-likeness (QED) is 0.267. The molecule has 8 heteroatoms. The van der Waals surface area contributed by atoms with Gasteiger partial charge in [-0.15, -0.1) is 0 Å². The van der Waals surface area contributed by atoms with Gasteiger partial charge in [-0.1, -0.05) is 0 Å². The van der Waals surface area contributed by atoms with Crippen LogP contribution in [0.15, 0.2) is 0 Å². The lowest BCUT2D eigenvalue weighted by molar-refractivity contribution is -0.159. The zero-order valence-electron chi connectivity index (χ0n) is 7.33. The van der Waals surface area contributed by atoms with Crippen LogP contribution < -0.4 is 0 Å². The Labute approximate surface area is 79.7 Å². The van der Waals surface area contributed by atoms with Crippen molar-refractivity contribution in [2.75, 3.05) is 26.4 Å². The van der Waals surface area contributed by atoms with Crippen LogP contribution in [-0.4, -0.2) is 69.0 Å². The molecule has 6 N–H and O–H groups in total. The molecule has 0 aromatic rings. The molecule has 0 rings (SSSR count). The minimum atomic E-state index is -1.82. The highest BCUT2D eigenvalue weighted by Gasteiger charge is 2.04. The third kappa shape index (κ3) is 45.1. The molecule has 0 aliphatic rings. The van der Waals surface area contributed by atoms with E-state index in [0.717, 1.165) is 0 Å². The van der Waals surface area contributed by atoms with Crippen LogP contribution in [0.2, 0.25) is 0 Å². The average molecular weight is 214 g/mol. The first-order valence-corrected chi connectivity index (χ1v) is 3.37. The van der Waals surface area contributed by atoms with Gasteiger partial charge in [-0.3, -0.25) is 0 Å². The lowest BCUT2D eigenvalue weighted by atomic mass is 10.7. The van der Waals surface area contributed by atoms with Gasteiger partial charge in [0.25, 0.3) is 0 Å². The molecule has 86 valence electrons. The zero-order chi connectivity index (χ0) is 12.0. The van der Waals surface area contributed by atoms with Crippen molar-refractivity contribution in [3.63, 3.8) is 0 Å². The summed E-state index contributed by atoms with van der Waals surface area (Å²) in [6, 6.07) is 0. The molecule has 0 fully saturated rings. The molecular formula is C6H14O8. The summed E-state index contributed by atoms with van der Waals surface area (Å²) in [5, 5.41) is 45.3. The molecule has 0 amide bonds. The minimum Gasteiger partial charge on any atom is -0.473 e. The standard InChI is InChI=1S/C2H2O4.2C2H6O2/c3-1(4)2(5)6;2*3-1-2-4/h(H,3,4)(H,5,6);2*3-4H,1-2H2. The molecule has 0 atom stereocenters. The predicted octanol–water partition coefficient (Wildman–Crippen LogP) is -2.90. The Kier molecular flexibility index (Phi) is 23.5. The molecule has 0 spiro atoms. The molecule has 8 nitrogen and oxygen atoms in total. The van der Waals surface area contributed by atoms with Crippen molar-refractivity contribution in [3.05, 3.63) is 0 Å². The monoisotopic (exact) mass is 214 g/mol. The topological polar surface area (TPSA) is 156 Å². The first-order valence-electron chi connectivity index (χ1n) is 3.37. The van der Waals surface area contributed by atoms with E-state index < -0.39 is 11.9 Å². The SMILES string of the molecule is O=C(O)C(=O)O.OCCO.OCCO. The summed E-state index contributed by atoms with van der Waals surface area (Å²) in [6.07, 6.45) is 0. The van der Waals surface area contributed by atoms with E-state index in [9.17, 15) is 0 Å². The molecule has 0 unspecified atom stereocenters. The number of aliphatic carboxylic acids is 2. The number of carboxylic acids is 2. The van der Waals surface area contributed by atoms with Crippen molar-refractivity contribution in [2.24, 2.45) is 0 Å². The molecule has 14 heavy (non-hydrogen) atoms. The van der Waals surface area contributed by atoms with Gasteiger partial charge in [0.2, 0.25) is 0 Å². The second-order valence-corrected chi connectivity index (χ2v) is 1.50. The van der Waals surface area contributed by atoms with E-state index in [1.54, 1.807) is 0 Å². The number of hydrogen-bond acceptors (Lipinski definition) is 6. The van der Waals surface area contributed by atoms with Gasteiger partial charge in [0, 0.05) is 0 Å². The number of rotatable bonds is 2. The maximum Gasteiger partial charge on any atom is 0.414 e. The fraction of sp³-hybridized carbons (Fsp3) is 0.667. The molecule has 0 aliphatic carbocycles. The smallest absolute Gasteiger partial charge is 0.414 e. The Bertz CT molecular complexity index is 114. The van der Waals surface area contributed by atoms with Gasteiger partial charge >= 0.3 is 11.9 Å². The summed E-state index contributed by atoms with van der Waals surface area (Å²) in [4.78, 5) is 18.2. The molecule has 0 aliphatic heterocycles. The van der Waals surface area contributed by atoms with E-state index in [2.05, 4.69) is 0 Å². The van der Waals surface area contributed by atoms with Crippen molar-refractivity contribution >= 4 is 11.9 Å². The summed E-state index contributed by atoms with van der Waals surface area (Å²) >= 11 is 0. The van der Waals surface area contributed by atoms with Gasteiger partial charge in [-0.25, -0.2) is 9.59 Å². The fourth-order valence-electron chi connectivity index (χ4n) is 0. The fourth-order valence-corrected chi connectivity index (χ4v) is 0. The van der Waals surface area contributed by atoms with E-state index in [1.807, 2.05) is 0 Å². The largest absolute Gasteiger partial charge is 0.473 e. The van der Waals surface area contributed by atoms with Crippen molar-refractivity contribution in [2.45, 2.75) is 0 Å². The first-order chi connectivity index (χ1) is 6.47. The normalized spacial score (nSPS) is 7.43. The van der Waals surface area contributed by atoms with Crippen molar-refractivity contribution in [1.29, 1.82) is 0 Å². The molecule has 0 heterocycles. The van der Waals surface area contributed by atoms with Crippen LogP contribution in [0.25, 0.3) is 0 Å². The van der Waals surface area contributed by atoms with Gasteiger partial charge in [0.05, 0.1) is 26.4 Å². The first kappa shape index (κ1) is 18.5. The Balaban J connectivity index is -0.000000135. The summed E-state index contributed by atoms with van der Waals surface area (Å²) in [7, 11) is 0. The van der Waals surface area contributed by atoms with E-state index in [1.165, 1.54) is 0 Å². The number of aliphatic hydroxyl groups is 4. The van der Waals surface area contributed by atoms with E-state index >= 15 is 0 Å². The van der Waals surface area contributed by atoms with Crippen molar-refractivity contribution < 1.29 is 40.2 Å². The van der Waals surface area contributed by atoms with E-state index in [-0.39, 0.29) is 26.4 Å². The van der Waals surface area contributed by atoms with Crippen LogP contribution in [0.5, 0.6) is 0 Å². The minimum absolute atomic E-state index is 0.125. The van der Waals surface area contributed by atoms with Crippen LogP contribution in [-0.2, 0) is 9.59 Å². The van der Waals surface area contributed by atoms with Gasteiger partial charge in [-0.05, 0) is 0 Å². The third-order valence-corrected chi connectivity index (χ3v) is 0.383. The summed E-state index contributed by atoms with van der Waals surface area (Å²) < 4.78 is 0. The van der Waals surface area contributed by atoms with Gasteiger partial charge in [-0.2, -0.15) is 0 Å².